The number of likely N-dealkylation sites (tertiary alicyclic amines) is 1. The first-order valence-electron chi connectivity index (χ1n) is 7.32. The first-order chi connectivity index (χ1) is 11.4. The number of rotatable bonds is 2. The van der Waals surface area contributed by atoms with Gasteiger partial charge in [0.2, 0.25) is 12.7 Å². The predicted molar refractivity (Wildman–Crippen MR) is 74.9 cm³/mol. The van der Waals surface area contributed by atoms with E-state index in [-0.39, 0.29) is 18.2 Å². The molecule has 1 atom stereocenters. The van der Waals surface area contributed by atoms with Crippen molar-refractivity contribution in [3.8, 4) is 11.5 Å². The van der Waals surface area contributed by atoms with Crippen molar-refractivity contribution in [2.75, 3.05) is 13.3 Å². The number of alkyl halides is 2. The van der Waals surface area contributed by atoms with Gasteiger partial charge in [-0.3, -0.25) is 4.79 Å². The minimum absolute atomic E-state index is 0.0127. The van der Waals surface area contributed by atoms with Gasteiger partial charge in [-0.2, -0.15) is 4.98 Å². The van der Waals surface area contributed by atoms with Crippen molar-refractivity contribution < 1.29 is 27.6 Å². The molecule has 0 unspecified atom stereocenters. The standard InChI is InChI=1S/C15H13F2N3O4/c1-8-18-13(24-19-8)10-5-15(16,17)6-20(10)14(21)9-2-3-11-12(4-9)23-7-22-11/h2-4,10H,5-7H2,1H3/t10-/m0/s1. The van der Waals surface area contributed by atoms with Crippen LogP contribution in [0.25, 0.3) is 0 Å². The van der Waals surface area contributed by atoms with Crippen molar-refractivity contribution in [1.29, 1.82) is 0 Å². The second-order valence-electron chi connectivity index (χ2n) is 5.76. The third-order valence-electron chi connectivity index (χ3n) is 3.98. The van der Waals surface area contributed by atoms with Crippen LogP contribution in [0.3, 0.4) is 0 Å². The molecule has 0 bridgehead atoms. The third-order valence-corrected chi connectivity index (χ3v) is 3.98. The van der Waals surface area contributed by atoms with Gasteiger partial charge in [-0.25, -0.2) is 8.78 Å². The molecule has 1 saturated heterocycles. The predicted octanol–water partition coefficient (Wildman–Crippen LogP) is 2.33. The summed E-state index contributed by atoms with van der Waals surface area (Å²) < 4.78 is 43.2. The van der Waals surface area contributed by atoms with E-state index in [4.69, 9.17) is 14.0 Å². The number of amides is 1. The molecule has 0 saturated carbocycles. The Morgan fingerprint density at radius 1 is 1.33 bits per heavy atom. The Morgan fingerprint density at radius 3 is 2.88 bits per heavy atom. The molecule has 0 radical (unpaired) electrons. The molecule has 7 nitrogen and oxygen atoms in total. The Labute approximate surface area is 135 Å². The molecule has 3 heterocycles. The summed E-state index contributed by atoms with van der Waals surface area (Å²) in [7, 11) is 0. The first-order valence-corrected chi connectivity index (χ1v) is 7.32. The molecule has 0 spiro atoms. The largest absolute Gasteiger partial charge is 0.454 e. The zero-order valence-electron chi connectivity index (χ0n) is 12.7. The molecular weight excluding hydrogens is 324 g/mol. The summed E-state index contributed by atoms with van der Waals surface area (Å²) in [5.41, 5.74) is 0.234. The van der Waals surface area contributed by atoms with Crippen LogP contribution < -0.4 is 9.47 Å². The Morgan fingerprint density at radius 2 is 2.12 bits per heavy atom. The van der Waals surface area contributed by atoms with Gasteiger partial charge in [0, 0.05) is 12.0 Å². The van der Waals surface area contributed by atoms with E-state index in [1.54, 1.807) is 13.0 Å². The maximum atomic E-state index is 13.9. The molecule has 1 fully saturated rings. The second kappa shape index (κ2) is 5.15. The molecule has 2 aromatic rings. The van der Waals surface area contributed by atoms with Gasteiger partial charge in [0.1, 0.15) is 6.04 Å². The highest BCUT2D eigenvalue weighted by Gasteiger charge is 2.50. The number of halogens is 2. The second-order valence-corrected chi connectivity index (χ2v) is 5.76. The van der Waals surface area contributed by atoms with Gasteiger partial charge in [-0.1, -0.05) is 5.16 Å². The molecule has 2 aliphatic heterocycles. The minimum Gasteiger partial charge on any atom is -0.454 e. The number of fused-ring (bicyclic) bond motifs is 1. The van der Waals surface area contributed by atoms with Gasteiger partial charge in [0.05, 0.1) is 6.54 Å². The zero-order chi connectivity index (χ0) is 16.9. The number of aromatic nitrogens is 2. The molecule has 1 aromatic heterocycles. The van der Waals surface area contributed by atoms with Crippen LogP contribution >= 0.6 is 0 Å². The molecular formula is C15H13F2N3O4. The highest BCUT2D eigenvalue weighted by Crippen LogP contribution is 2.42. The Kier molecular flexibility index (Phi) is 3.19. The van der Waals surface area contributed by atoms with E-state index in [0.717, 1.165) is 4.90 Å². The van der Waals surface area contributed by atoms with Crippen molar-refractivity contribution in [2.24, 2.45) is 0 Å². The van der Waals surface area contributed by atoms with E-state index in [1.165, 1.54) is 12.1 Å². The molecule has 2 aliphatic rings. The van der Waals surface area contributed by atoms with Crippen molar-refractivity contribution in [1.82, 2.24) is 15.0 Å². The third kappa shape index (κ3) is 2.45. The van der Waals surface area contributed by atoms with Crippen molar-refractivity contribution >= 4 is 5.91 Å². The summed E-state index contributed by atoms with van der Waals surface area (Å²) in [5.74, 6) is -2.29. The fraction of sp³-hybridized carbons (Fsp3) is 0.400. The summed E-state index contributed by atoms with van der Waals surface area (Å²) in [5, 5.41) is 3.62. The lowest BCUT2D eigenvalue weighted by atomic mass is 10.1. The summed E-state index contributed by atoms with van der Waals surface area (Å²) in [6.45, 7) is 0.953. The van der Waals surface area contributed by atoms with Gasteiger partial charge in [-0.15, -0.1) is 0 Å². The van der Waals surface area contributed by atoms with E-state index < -0.39 is 30.8 Å². The lowest BCUT2D eigenvalue weighted by molar-refractivity contribution is 0.0117. The highest BCUT2D eigenvalue weighted by atomic mass is 19.3. The van der Waals surface area contributed by atoms with Gasteiger partial charge >= 0.3 is 0 Å². The summed E-state index contributed by atoms with van der Waals surface area (Å²) >= 11 is 0. The zero-order valence-corrected chi connectivity index (χ0v) is 12.7. The summed E-state index contributed by atoms with van der Waals surface area (Å²) in [6.07, 6.45) is -0.551. The SMILES string of the molecule is Cc1noc([C@@H]2CC(F)(F)CN2C(=O)c2ccc3c(c2)OCO3)n1. The summed E-state index contributed by atoms with van der Waals surface area (Å²) in [6, 6.07) is 3.62. The molecule has 1 amide bonds. The number of hydrogen-bond donors (Lipinski definition) is 0. The van der Waals surface area contributed by atoms with Crippen LogP contribution in [0.4, 0.5) is 8.78 Å². The van der Waals surface area contributed by atoms with Gasteiger partial charge in [0.15, 0.2) is 17.3 Å². The normalized spacial score (nSPS) is 21.3. The van der Waals surface area contributed by atoms with Crippen molar-refractivity contribution in [2.45, 2.75) is 25.3 Å². The Bertz CT molecular complexity index is 808. The molecule has 24 heavy (non-hydrogen) atoms. The quantitative estimate of drug-likeness (QED) is 0.837. The molecule has 4 rings (SSSR count). The molecule has 1 aromatic carbocycles. The first kappa shape index (κ1) is 14.9. The molecule has 0 aliphatic carbocycles. The number of ether oxygens (including phenoxy) is 2. The average molecular weight is 337 g/mol. The lowest BCUT2D eigenvalue weighted by Gasteiger charge is -2.21. The maximum absolute atomic E-state index is 13.9. The average Bonchev–Trinajstić information content (AvgIpc) is 3.23. The number of aryl methyl sites for hydroxylation is 1. The van der Waals surface area contributed by atoms with Gasteiger partial charge in [-0.05, 0) is 25.1 Å². The fourth-order valence-electron chi connectivity index (χ4n) is 2.89. The Hall–Kier alpha value is -2.71. The maximum Gasteiger partial charge on any atom is 0.267 e. The van der Waals surface area contributed by atoms with E-state index in [1.807, 2.05) is 0 Å². The van der Waals surface area contributed by atoms with Crippen molar-refractivity contribution in [3.05, 3.63) is 35.5 Å². The number of carbonyl (C=O) groups excluding carboxylic acids is 1. The van der Waals surface area contributed by atoms with E-state index in [0.29, 0.717) is 17.3 Å². The fourth-order valence-corrected chi connectivity index (χ4v) is 2.89. The van der Waals surface area contributed by atoms with Crippen LogP contribution in [0.1, 0.15) is 34.5 Å². The smallest absolute Gasteiger partial charge is 0.267 e. The summed E-state index contributed by atoms with van der Waals surface area (Å²) in [4.78, 5) is 17.8. The van der Waals surface area contributed by atoms with Gasteiger partial charge < -0.3 is 18.9 Å². The Balaban J connectivity index is 1.66. The number of carbonyl (C=O) groups is 1. The molecule has 0 N–H and O–H groups in total. The lowest BCUT2D eigenvalue weighted by Crippen LogP contribution is -2.33. The number of hydrogen-bond acceptors (Lipinski definition) is 6. The molecule has 9 heteroatoms. The van der Waals surface area contributed by atoms with Crippen LogP contribution in [-0.4, -0.2) is 40.2 Å². The number of benzene rings is 1. The highest BCUT2D eigenvalue weighted by molar-refractivity contribution is 5.95. The van der Waals surface area contributed by atoms with Crippen LogP contribution in [0.5, 0.6) is 11.5 Å². The van der Waals surface area contributed by atoms with Crippen LogP contribution in [0.15, 0.2) is 22.7 Å². The van der Waals surface area contributed by atoms with E-state index in [2.05, 4.69) is 10.1 Å². The minimum atomic E-state index is -3.01. The van der Waals surface area contributed by atoms with E-state index >= 15 is 0 Å². The van der Waals surface area contributed by atoms with Crippen LogP contribution in [0.2, 0.25) is 0 Å². The monoisotopic (exact) mass is 337 g/mol. The van der Waals surface area contributed by atoms with Gasteiger partial charge in [0.25, 0.3) is 11.8 Å². The van der Waals surface area contributed by atoms with Crippen LogP contribution in [0, 0.1) is 6.92 Å². The molecule has 126 valence electrons. The number of nitrogens with zero attached hydrogens (tertiary/aromatic N) is 3. The topological polar surface area (TPSA) is 77.7 Å². The van der Waals surface area contributed by atoms with Crippen LogP contribution in [-0.2, 0) is 0 Å². The van der Waals surface area contributed by atoms with Crippen molar-refractivity contribution in [3.63, 3.8) is 0 Å². The van der Waals surface area contributed by atoms with E-state index in [9.17, 15) is 13.6 Å².